The fraction of sp³-hybridized carbons (Fsp3) is 0.810. The van der Waals surface area contributed by atoms with Gasteiger partial charge >= 0.3 is 11.9 Å². The zero-order chi connectivity index (χ0) is 57.1. The van der Waals surface area contributed by atoms with Crippen molar-refractivity contribution in [3.05, 3.63) is 47.5 Å². The number of aliphatic hydroxyl groups is 4. The lowest BCUT2D eigenvalue weighted by Crippen LogP contribution is -2.80. The van der Waals surface area contributed by atoms with Gasteiger partial charge in [0, 0.05) is 71.9 Å². The molecule has 0 spiro atoms. The van der Waals surface area contributed by atoms with Gasteiger partial charge in [-0.05, 0) is 90.7 Å². The lowest BCUT2D eigenvalue weighted by molar-refractivity contribution is -0.356. The average molecular weight is 1120 g/mol. The molecule has 0 bridgehead atoms. The van der Waals surface area contributed by atoms with Gasteiger partial charge in [-0.15, -0.1) is 0 Å². The first-order valence-electron chi connectivity index (χ1n) is 28.3. The lowest BCUT2D eigenvalue weighted by atomic mass is 9.42. The molecule has 7 fully saturated rings. The Morgan fingerprint density at radius 1 is 0.620 bits per heavy atom. The largest absolute Gasteiger partial charge is 0.458 e. The molecule has 4 aliphatic carbocycles. The molecule has 1 aromatic rings. The second-order valence-electron chi connectivity index (χ2n) is 23.9. The number of carbonyl (C=O) groups is 3. The van der Waals surface area contributed by atoms with Crippen molar-refractivity contribution in [1.29, 1.82) is 0 Å². The molecule has 4 N–H and O–H groups in total. The Kier molecular flexibility index (Phi) is 18.3. The van der Waals surface area contributed by atoms with Crippen molar-refractivity contribution in [3.63, 3.8) is 0 Å². The standard InChI is InChI=1S/C58H86O21/c1-28(59)37-20-23-58(65)56(37,8)52(79-53(63)34-16-14-13-15-17-34)50(74-33(6)60)51-55(7)21-19-36(24-35(55)18-22-57(51,58)64)75-41-25-38(66-9)46(30(3)70-41)76-42-26-39(67-10)47(31(4)71-42)77-43-27-40(68-11)48(32(5)72-43)78-54-45(62)49(69-12)44(61)29(2)73-54/h13-18,29-32,36-52,54,61-62,64-65H,19-27H2,1-12H3. The number of aliphatic hydroxyl groups excluding tert-OH is 2. The number of hydrogen-bond acceptors (Lipinski definition) is 21. The first kappa shape index (κ1) is 60.5. The summed E-state index contributed by atoms with van der Waals surface area (Å²) in [5.74, 6) is -3.29. The Labute approximate surface area is 463 Å². The third kappa shape index (κ3) is 10.9. The molecule has 4 saturated heterocycles. The van der Waals surface area contributed by atoms with E-state index in [9.17, 15) is 34.8 Å². The molecule has 444 valence electrons. The molecule has 21 heteroatoms. The summed E-state index contributed by atoms with van der Waals surface area (Å²) in [5, 5.41) is 47.8. The summed E-state index contributed by atoms with van der Waals surface area (Å²) in [7, 11) is 6.21. The Morgan fingerprint density at radius 3 is 1.68 bits per heavy atom. The van der Waals surface area contributed by atoms with Crippen LogP contribution in [0.4, 0.5) is 0 Å². The van der Waals surface area contributed by atoms with E-state index in [0.717, 1.165) is 5.57 Å². The first-order chi connectivity index (χ1) is 37.5. The zero-order valence-corrected chi connectivity index (χ0v) is 47.8. The fourth-order valence-electron chi connectivity index (χ4n) is 15.4. The van der Waals surface area contributed by atoms with Gasteiger partial charge in [0.1, 0.15) is 65.8 Å². The summed E-state index contributed by atoms with van der Waals surface area (Å²) in [5.41, 5.74) is -4.96. The number of methoxy groups -OCH3 is 4. The summed E-state index contributed by atoms with van der Waals surface area (Å²) in [4.78, 5) is 40.7. The van der Waals surface area contributed by atoms with Crippen molar-refractivity contribution < 1.29 is 101 Å². The first-order valence-corrected chi connectivity index (χ1v) is 28.3. The Bertz CT molecular complexity index is 2320. The lowest BCUT2D eigenvalue weighted by Gasteiger charge is -2.68. The summed E-state index contributed by atoms with van der Waals surface area (Å²) < 4.78 is 87.5. The van der Waals surface area contributed by atoms with Crippen LogP contribution in [0.15, 0.2) is 42.0 Å². The van der Waals surface area contributed by atoms with Gasteiger partial charge in [-0.1, -0.05) is 43.7 Å². The molecule has 8 aliphatic rings. The van der Waals surface area contributed by atoms with Gasteiger partial charge in [-0.2, -0.15) is 0 Å². The fourth-order valence-corrected chi connectivity index (χ4v) is 15.4. The van der Waals surface area contributed by atoms with Crippen molar-refractivity contribution >= 4 is 17.7 Å². The number of ether oxygens (including phenoxy) is 14. The highest BCUT2D eigenvalue weighted by Crippen LogP contribution is 2.70. The highest BCUT2D eigenvalue weighted by atomic mass is 16.8. The predicted molar refractivity (Wildman–Crippen MR) is 277 cm³/mol. The van der Waals surface area contributed by atoms with E-state index in [4.69, 9.17) is 66.3 Å². The molecule has 4 aliphatic heterocycles. The van der Waals surface area contributed by atoms with E-state index in [2.05, 4.69) is 0 Å². The predicted octanol–water partition coefficient (Wildman–Crippen LogP) is 4.23. The molecular weight excluding hydrogens is 1030 g/mol. The summed E-state index contributed by atoms with van der Waals surface area (Å²) in [6.45, 7) is 13.7. The van der Waals surface area contributed by atoms with Gasteiger partial charge in [-0.3, -0.25) is 9.59 Å². The summed E-state index contributed by atoms with van der Waals surface area (Å²) in [6, 6.07) is 8.41. The van der Waals surface area contributed by atoms with Crippen LogP contribution in [0.5, 0.6) is 0 Å². The maximum absolute atomic E-state index is 14.0. The third-order valence-corrected chi connectivity index (χ3v) is 19.5. The molecule has 4 heterocycles. The number of Topliss-reactive ketones (excluding diaryl/α,β-unsaturated/α-hetero) is 1. The Hall–Kier alpha value is -3.07. The average Bonchev–Trinajstić information content (AvgIpc) is 3.96. The Balaban J connectivity index is 0.836. The number of benzene rings is 1. The molecule has 3 saturated carbocycles. The molecule has 1 aromatic carbocycles. The minimum Gasteiger partial charge on any atom is -0.458 e. The number of ketones is 1. The van der Waals surface area contributed by atoms with E-state index >= 15 is 0 Å². The van der Waals surface area contributed by atoms with E-state index in [1.54, 1.807) is 65.5 Å². The number of fused-ring (bicyclic) bond motifs is 5. The summed E-state index contributed by atoms with van der Waals surface area (Å²) >= 11 is 0. The minimum atomic E-state index is -1.91. The van der Waals surface area contributed by atoms with E-state index in [1.165, 1.54) is 21.0 Å². The number of esters is 2. The highest BCUT2D eigenvalue weighted by Gasteiger charge is 2.81. The smallest absolute Gasteiger partial charge is 0.338 e. The van der Waals surface area contributed by atoms with Gasteiger partial charge < -0.3 is 86.7 Å². The van der Waals surface area contributed by atoms with Crippen molar-refractivity contribution in [2.75, 3.05) is 28.4 Å². The summed E-state index contributed by atoms with van der Waals surface area (Å²) in [6.07, 6.45) is -9.89. The molecule has 26 atom stereocenters. The van der Waals surface area contributed by atoms with Crippen LogP contribution in [0.1, 0.15) is 124 Å². The quantitative estimate of drug-likeness (QED) is 0.133. The number of rotatable bonds is 16. The second-order valence-corrected chi connectivity index (χ2v) is 23.9. The van der Waals surface area contributed by atoms with Gasteiger partial charge in [0.05, 0.1) is 54.4 Å². The van der Waals surface area contributed by atoms with Gasteiger partial charge in [0.15, 0.2) is 25.2 Å². The molecular formula is C58H86O21. The van der Waals surface area contributed by atoms with Crippen LogP contribution in [-0.4, -0.2) is 201 Å². The van der Waals surface area contributed by atoms with Gasteiger partial charge in [-0.25, -0.2) is 4.79 Å². The normalized spacial score (nSPS) is 47.9. The van der Waals surface area contributed by atoms with Crippen molar-refractivity contribution in [2.45, 2.75) is 247 Å². The topological polar surface area (TPSA) is 261 Å². The Morgan fingerprint density at radius 2 is 1.16 bits per heavy atom. The van der Waals surface area contributed by atoms with E-state index < -0.39 is 163 Å². The maximum Gasteiger partial charge on any atom is 0.338 e. The molecule has 9 rings (SSSR count). The molecule has 26 unspecified atom stereocenters. The van der Waals surface area contributed by atoms with Crippen LogP contribution in [0.25, 0.3) is 0 Å². The van der Waals surface area contributed by atoms with Crippen molar-refractivity contribution in [3.8, 4) is 0 Å². The van der Waals surface area contributed by atoms with Crippen LogP contribution in [0, 0.1) is 22.7 Å². The number of hydrogen-bond donors (Lipinski definition) is 4. The molecule has 21 nitrogen and oxygen atoms in total. The van der Waals surface area contributed by atoms with Crippen LogP contribution in [0.3, 0.4) is 0 Å². The third-order valence-electron chi connectivity index (χ3n) is 19.5. The van der Waals surface area contributed by atoms with Gasteiger partial charge in [0.2, 0.25) is 0 Å². The van der Waals surface area contributed by atoms with Crippen LogP contribution >= 0.6 is 0 Å². The van der Waals surface area contributed by atoms with E-state index in [-0.39, 0.29) is 43.1 Å². The van der Waals surface area contributed by atoms with Crippen LogP contribution < -0.4 is 0 Å². The maximum atomic E-state index is 14.0. The van der Waals surface area contributed by atoms with Crippen LogP contribution in [0.2, 0.25) is 0 Å². The second kappa shape index (κ2) is 23.9. The molecule has 79 heavy (non-hydrogen) atoms. The highest BCUT2D eigenvalue weighted by molar-refractivity contribution is 5.89. The van der Waals surface area contributed by atoms with E-state index in [1.807, 2.05) is 33.8 Å². The zero-order valence-electron chi connectivity index (χ0n) is 47.8. The minimum absolute atomic E-state index is 0.00751. The molecule has 0 radical (unpaired) electrons. The van der Waals surface area contributed by atoms with Crippen molar-refractivity contribution in [1.82, 2.24) is 0 Å². The molecule has 0 amide bonds. The monoisotopic (exact) mass is 1120 g/mol. The molecule has 0 aromatic heterocycles. The van der Waals surface area contributed by atoms with Crippen LogP contribution in [-0.2, 0) is 75.9 Å². The number of carbonyl (C=O) groups excluding carboxylic acids is 3. The SMILES string of the molecule is COC1CC(OC2CCC3(C)C(=CCC4(O)C3C(OC(C)=O)C(OC(=O)c3ccccc3)C3(C)C(C(C)=O)CCC43O)C2)OC(C)C1OC1CC(OC)C(OC2CC(OC)C(OC3OC(C)C(O)C(OC)C3O)C(C)O2)C(C)O1. The van der Waals surface area contributed by atoms with Crippen molar-refractivity contribution in [2.24, 2.45) is 22.7 Å². The van der Waals surface area contributed by atoms with E-state index in [0.29, 0.717) is 32.1 Å². The van der Waals surface area contributed by atoms with Gasteiger partial charge in [0.25, 0.3) is 0 Å².